The number of hydrogen-bond acceptors (Lipinski definition) is 3. The number of benzene rings is 2. The molecule has 21 heavy (non-hydrogen) atoms. The SMILES string of the molecule is COc1cc(C(C)=O)ccc1OCc1c(F)cccc1Cl. The van der Waals surface area contributed by atoms with E-state index in [0.29, 0.717) is 22.1 Å². The topological polar surface area (TPSA) is 35.5 Å². The van der Waals surface area contributed by atoms with Crippen molar-refractivity contribution in [1.29, 1.82) is 0 Å². The van der Waals surface area contributed by atoms with Crippen LogP contribution in [-0.4, -0.2) is 12.9 Å². The highest BCUT2D eigenvalue weighted by molar-refractivity contribution is 6.31. The van der Waals surface area contributed by atoms with Crippen LogP contribution in [-0.2, 0) is 6.61 Å². The van der Waals surface area contributed by atoms with Gasteiger partial charge < -0.3 is 9.47 Å². The molecular weight excluding hydrogens is 295 g/mol. The van der Waals surface area contributed by atoms with Gasteiger partial charge in [0.1, 0.15) is 12.4 Å². The lowest BCUT2D eigenvalue weighted by Gasteiger charge is -2.12. The van der Waals surface area contributed by atoms with Gasteiger partial charge in [0, 0.05) is 11.1 Å². The predicted molar refractivity (Wildman–Crippen MR) is 78.7 cm³/mol. The fourth-order valence-corrected chi connectivity index (χ4v) is 2.04. The van der Waals surface area contributed by atoms with Crippen LogP contribution in [0, 0.1) is 5.82 Å². The quantitative estimate of drug-likeness (QED) is 0.774. The number of halogens is 2. The maximum atomic E-state index is 13.7. The molecule has 0 aliphatic heterocycles. The summed E-state index contributed by atoms with van der Waals surface area (Å²) in [6, 6.07) is 9.28. The maximum absolute atomic E-state index is 13.7. The van der Waals surface area contributed by atoms with Crippen molar-refractivity contribution in [3.05, 3.63) is 58.4 Å². The number of ether oxygens (including phenoxy) is 2. The maximum Gasteiger partial charge on any atom is 0.161 e. The Balaban J connectivity index is 2.22. The molecule has 0 heterocycles. The Morgan fingerprint density at radius 3 is 2.62 bits per heavy atom. The van der Waals surface area contributed by atoms with Gasteiger partial charge in [0.2, 0.25) is 0 Å². The fraction of sp³-hybridized carbons (Fsp3) is 0.188. The van der Waals surface area contributed by atoms with E-state index in [1.165, 1.54) is 26.2 Å². The van der Waals surface area contributed by atoms with Crippen molar-refractivity contribution in [2.75, 3.05) is 7.11 Å². The molecule has 0 aliphatic carbocycles. The molecule has 110 valence electrons. The summed E-state index contributed by atoms with van der Waals surface area (Å²) in [6.07, 6.45) is 0. The number of ketones is 1. The van der Waals surface area contributed by atoms with Crippen LogP contribution in [0.4, 0.5) is 4.39 Å². The summed E-state index contributed by atoms with van der Waals surface area (Å²) >= 11 is 5.94. The molecule has 0 aromatic heterocycles. The molecule has 0 saturated heterocycles. The average molecular weight is 309 g/mol. The minimum Gasteiger partial charge on any atom is -0.493 e. The van der Waals surface area contributed by atoms with E-state index < -0.39 is 5.82 Å². The Labute approximate surface area is 127 Å². The summed E-state index contributed by atoms with van der Waals surface area (Å²) in [6.45, 7) is 1.44. The Hall–Kier alpha value is -2.07. The average Bonchev–Trinajstić information content (AvgIpc) is 2.46. The van der Waals surface area contributed by atoms with E-state index >= 15 is 0 Å². The van der Waals surface area contributed by atoms with Gasteiger partial charge >= 0.3 is 0 Å². The molecule has 0 radical (unpaired) electrons. The molecule has 0 fully saturated rings. The van der Waals surface area contributed by atoms with Crippen LogP contribution < -0.4 is 9.47 Å². The van der Waals surface area contributed by atoms with Crippen LogP contribution in [0.3, 0.4) is 0 Å². The van der Waals surface area contributed by atoms with Crippen LogP contribution in [0.15, 0.2) is 36.4 Å². The lowest BCUT2D eigenvalue weighted by Crippen LogP contribution is -2.02. The number of rotatable bonds is 5. The van der Waals surface area contributed by atoms with Crippen molar-refractivity contribution in [1.82, 2.24) is 0 Å². The first-order chi connectivity index (χ1) is 10.0. The third-order valence-electron chi connectivity index (χ3n) is 3.00. The van der Waals surface area contributed by atoms with Gasteiger partial charge in [-0.05, 0) is 37.3 Å². The van der Waals surface area contributed by atoms with Gasteiger partial charge in [0.05, 0.1) is 12.1 Å². The molecule has 5 heteroatoms. The Kier molecular flexibility index (Phi) is 4.81. The van der Waals surface area contributed by atoms with Gasteiger partial charge in [-0.25, -0.2) is 4.39 Å². The lowest BCUT2D eigenvalue weighted by atomic mass is 10.1. The molecule has 3 nitrogen and oxygen atoms in total. The van der Waals surface area contributed by atoms with E-state index in [4.69, 9.17) is 21.1 Å². The third kappa shape index (κ3) is 3.52. The molecular formula is C16H14ClFO3. The van der Waals surface area contributed by atoms with Crippen molar-refractivity contribution in [2.45, 2.75) is 13.5 Å². The normalized spacial score (nSPS) is 10.3. The van der Waals surface area contributed by atoms with E-state index in [1.807, 2.05) is 0 Å². The monoisotopic (exact) mass is 308 g/mol. The first kappa shape index (κ1) is 15.3. The molecule has 0 aliphatic rings. The molecule has 0 bridgehead atoms. The fourth-order valence-electron chi connectivity index (χ4n) is 1.83. The Morgan fingerprint density at radius 2 is 2.00 bits per heavy atom. The Bertz CT molecular complexity index is 650. The van der Waals surface area contributed by atoms with Crippen LogP contribution >= 0.6 is 11.6 Å². The largest absolute Gasteiger partial charge is 0.493 e. The molecule has 2 aromatic carbocycles. The smallest absolute Gasteiger partial charge is 0.161 e. The van der Waals surface area contributed by atoms with E-state index in [0.717, 1.165) is 0 Å². The van der Waals surface area contributed by atoms with Gasteiger partial charge in [-0.1, -0.05) is 17.7 Å². The highest BCUT2D eigenvalue weighted by Crippen LogP contribution is 2.30. The molecule has 0 atom stereocenters. The highest BCUT2D eigenvalue weighted by Gasteiger charge is 2.11. The molecule has 0 spiro atoms. The van der Waals surface area contributed by atoms with Crippen molar-refractivity contribution in [3.8, 4) is 11.5 Å². The molecule has 0 amide bonds. The summed E-state index contributed by atoms with van der Waals surface area (Å²) in [5.41, 5.74) is 0.792. The minimum absolute atomic E-state index is 0.0265. The summed E-state index contributed by atoms with van der Waals surface area (Å²) in [5.74, 6) is 0.329. The second kappa shape index (κ2) is 6.59. The molecule has 0 unspecified atom stereocenters. The summed E-state index contributed by atoms with van der Waals surface area (Å²) in [5, 5.41) is 0.300. The summed E-state index contributed by atoms with van der Waals surface area (Å²) in [4.78, 5) is 11.3. The third-order valence-corrected chi connectivity index (χ3v) is 3.36. The first-order valence-corrected chi connectivity index (χ1v) is 6.65. The van der Waals surface area contributed by atoms with E-state index in [2.05, 4.69) is 0 Å². The Morgan fingerprint density at radius 1 is 1.24 bits per heavy atom. The summed E-state index contributed by atoms with van der Waals surface area (Å²) in [7, 11) is 1.47. The zero-order valence-corrected chi connectivity index (χ0v) is 12.4. The van der Waals surface area contributed by atoms with Gasteiger partial charge in [-0.3, -0.25) is 4.79 Å². The zero-order valence-electron chi connectivity index (χ0n) is 11.7. The molecule has 2 rings (SSSR count). The highest BCUT2D eigenvalue weighted by atomic mass is 35.5. The van der Waals surface area contributed by atoms with E-state index in [1.54, 1.807) is 24.3 Å². The number of hydrogen-bond donors (Lipinski definition) is 0. The standard InChI is InChI=1S/C16H14ClFO3/c1-10(19)11-6-7-15(16(8-11)20-2)21-9-12-13(17)4-3-5-14(12)18/h3-8H,9H2,1-2H3. The zero-order chi connectivity index (χ0) is 15.4. The molecule has 2 aromatic rings. The second-order valence-corrected chi connectivity index (χ2v) is 4.82. The van der Waals surface area contributed by atoms with E-state index in [-0.39, 0.29) is 18.0 Å². The van der Waals surface area contributed by atoms with Gasteiger partial charge in [-0.2, -0.15) is 0 Å². The van der Waals surface area contributed by atoms with Crippen molar-refractivity contribution >= 4 is 17.4 Å². The number of carbonyl (C=O) groups excluding carboxylic acids is 1. The van der Waals surface area contributed by atoms with Crippen molar-refractivity contribution in [2.24, 2.45) is 0 Å². The first-order valence-electron chi connectivity index (χ1n) is 6.27. The van der Waals surface area contributed by atoms with Crippen molar-refractivity contribution in [3.63, 3.8) is 0 Å². The molecule has 0 N–H and O–H groups in total. The van der Waals surface area contributed by atoms with Crippen LogP contribution in [0.1, 0.15) is 22.8 Å². The minimum atomic E-state index is -0.429. The number of carbonyl (C=O) groups is 1. The van der Waals surface area contributed by atoms with Gasteiger partial charge in [-0.15, -0.1) is 0 Å². The lowest BCUT2D eigenvalue weighted by molar-refractivity contribution is 0.101. The summed E-state index contributed by atoms with van der Waals surface area (Å²) < 4.78 is 24.4. The van der Waals surface area contributed by atoms with Gasteiger partial charge in [0.25, 0.3) is 0 Å². The van der Waals surface area contributed by atoms with E-state index in [9.17, 15) is 9.18 Å². The number of Topliss-reactive ketones (excluding diaryl/α,β-unsaturated/α-hetero) is 1. The molecule has 0 saturated carbocycles. The predicted octanol–water partition coefficient (Wildman–Crippen LogP) is 4.27. The number of methoxy groups -OCH3 is 1. The van der Waals surface area contributed by atoms with Crippen molar-refractivity contribution < 1.29 is 18.7 Å². The van der Waals surface area contributed by atoms with Gasteiger partial charge in [0.15, 0.2) is 17.3 Å². The second-order valence-electron chi connectivity index (χ2n) is 4.41. The van der Waals surface area contributed by atoms with Crippen LogP contribution in [0.25, 0.3) is 0 Å². The van der Waals surface area contributed by atoms with Crippen LogP contribution in [0.2, 0.25) is 5.02 Å². The van der Waals surface area contributed by atoms with Crippen LogP contribution in [0.5, 0.6) is 11.5 Å².